The third-order valence-corrected chi connectivity index (χ3v) is 6.37. The molecule has 3 unspecified atom stereocenters. The number of ether oxygens (including phenoxy) is 8. The Balaban J connectivity index is 2.77. The van der Waals surface area contributed by atoms with Crippen LogP contribution in [0.4, 0.5) is 0 Å². The van der Waals surface area contributed by atoms with Gasteiger partial charge in [0.05, 0.1) is 39.8 Å². The van der Waals surface area contributed by atoms with Gasteiger partial charge in [0, 0.05) is 31.8 Å². The van der Waals surface area contributed by atoms with E-state index in [0.29, 0.717) is 23.5 Å². The summed E-state index contributed by atoms with van der Waals surface area (Å²) in [5.74, 6) is -0.604. The van der Waals surface area contributed by atoms with Gasteiger partial charge in [-0.1, -0.05) is 35.8 Å². The molecule has 12 nitrogen and oxygen atoms in total. The number of amides is 1. The van der Waals surface area contributed by atoms with E-state index < -0.39 is 35.5 Å². The lowest BCUT2D eigenvalue weighted by Gasteiger charge is -2.35. The van der Waals surface area contributed by atoms with E-state index >= 15 is 0 Å². The van der Waals surface area contributed by atoms with E-state index in [9.17, 15) is 14.4 Å². The first-order valence-electron chi connectivity index (χ1n) is 12.6. The van der Waals surface area contributed by atoms with Crippen molar-refractivity contribution in [2.24, 2.45) is 17.1 Å². The Labute approximate surface area is 239 Å². The molecule has 0 heterocycles. The number of benzene rings is 1. The van der Waals surface area contributed by atoms with Crippen molar-refractivity contribution in [2.45, 2.75) is 26.1 Å². The van der Waals surface area contributed by atoms with Gasteiger partial charge in [0.25, 0.3) is 0 Å². The van der Waals surface area contributed by atoms with Crippen molar-refractivity contribution in [3.8, 4) is 18.1 Å². The summed E-state index contributed by atoms with van der Waals surface area (Å²) in [6, 6.07) is 6.84. The van der Waals surface area contributed by atoms with Crippen molar-refractivity contribution >= 4 is 23.4 Å². The van der Waals surface area contributed by atoms with Crippen molar-refractivity contribution in [1.29, 1.82) is 0 Å². The van der Waals surface area contributed by atoms with Crippen LogP contribution >= 0.6 is 0 Å². The number of para-hydroxylation sites is 1. The fourth-order valence-corrected chi connectivity index (χ4v) is 4.07. The molecular formula is C29H37NO11. The number of carbonyl (C=O) groups excluding carboxylic acids is 3. The fraction of sp³-hybridized carbons (Fsp3) is 0.483. The summed E-state index contributed by atoms with van der Waals surface area (Å²) in [5, 5.41) is 0. The Bertz CT molecular complexity index is 1170. The minimum Gasteiger partial charge on any atom is -0.469 e. The van der Waals surface area contributed by atoms with Crippen LogP contribution in [-0.4, -0.2) is 79.4 Å². The van der Waals surface area contributed by atoms with E-state index in [1.807, 2.05) is 0 Å². The molecule has 3 atom stereocenters. The van der Waals surface area contributed by atoms with Crippen LogP contribution in [0.3, 0.4) is 0 Å². The number of methoxy groups -OCH3 is 4. The molecule has 0 spiro atoms. The summed E-state index contributed by atoms with van der Waals surface area (Å²) in [5.41, 5.74) is 5.07. The van der Waals surface area contributed by atoms with E-state index in [2.05, 4.69) is 5.92 Å². The van der Waals surface area contributed by atoms with E-state index in [0.717, 1.165) is 0 Å². The van der Waals surface area contributed by atoms with Gasteiger partial charge in [0.2, 0.25) is 5.91 Å². The molecule has 2 N–H and O–H groups in total. The number of hydrogen-bond acceptors (Lipinski definition) is 11. The molecular weight excluding hydrogens is 538 g/mol. The van der Waals surface area contributed by atoms with Crippen LogP contribution in [0.25, 0.3) is 5.57 Å². The molecule has 41 heavy (non-hydrogen) atoms. The molecule has 2 rings (SSSR count). The molecule has 1 aromatic rings. The zero-order chi connectivity index (χ0) is 30.4. The van der Waals surface area contributed by atoms with Crippen LogP contribution in [-0.2, 0) is 47.5 Å². The molecule has 0 radical (unpaired) electrons. The first-order valence-corrected chi connectivity index (χ1v) is 12.6. The average Bonchev–Trinajstić information content (AvgIpc) is 2.99. The van der Waals surface area contributed by atoms with Crippen molar-refractivity contribution in [3.05, 3.63) is 47.2 Å². The number of rotatable bonds is 17. The molecule has 0 saturated carbocycles. The van der Waals surface area contributed by atoms with Crippen LogP contribution in [0.2, 0.25) is 0 Å². The predicted molar refractivity (Wildman–Crippen MR) is 145 cm³/mol. The smallest absolute Gasteiger partial charge is 0.313 e. The largest absolute Gasteiger partial charge is 0.469 e. The number of carbonyl (C=O) groups is 3. The van der Waals surface area contributed by atoms with Gasteiger partial charge in [0.15, 0.2) is 25.3 Å². The van der Waals surface area contributed by atoms with Crippen molar-refractivity contribution in [1.82, 2.24) is 0 Å². The normalized spacial score (nSPS) is 18.0. The van der Waals surface area contributed by atoms with Gasteiger partial charge in [-0.05, 0) is 13.0 Å². The van der Waals surface area contributed by atoms with Gasteiger partial charge in [-0.25, -0.2) is 0 Å². The van der Waals surface area contributed by atoms with Crippen LogP contribution in [0.5, 0.6) is 5.75 Å². The summed E-state index contributed by atoms with van der Waals surface area (Å²) < 4.78 is 42.7. The monoisotopic (exact) mass is 575 g/mol. The number of hydrogen-bond donors (Lipinski definition) is 1. The van der Waals surface area contributed by atoms with Gasteiger partial charge in [0.1, 0.15) is 11.5 Å². The molecule has 12 heteroatoms. The first-order chi connectivity index (χ1) is 19.7. The van der Waals surface area contributed by atoms with E-state index in [1.165, 1.54) is 28.4 Å². The summed E-state index contributed by atoms with van der Waals surface area (Å²) in [6.45, 7) is 1.75. The van der Waals surface area contributed by atoms with E-state index in [1.54, 1.807) is 37.3 Å². The maximum atomic E-state index is 13.1. The number of primary amides is 1. The molecule has 0 bridgehead atoms. The molecule has 0 fully saturated rings. The fourth-order valence-electron chi connectivity index (χ4n) is 4.07. The highest BCUT2D eigenvalue weighted by atomic mass is 16.7. The van der Waals surface area contributed by atoms with Crippen LogP contribution in [0.1, 0.15) is 25.3 Å². The summed E-state index contributed by atoms with van der Waals surface area (Å²) in [7, 11) is 5.40. The Hall–Kier alpha value is -3.89. The molecule has 1 aliphatic carbocycles. The zero-order valence-electron chi connectivity index (χ0n) is 23.9. The standard InChI is InChI=1S/C29H37NO11/c1-7-29(28(30)33)16-20(22(27(32)37-6)15-25(31)36-5)14-23(26(29)41-17-38-13-12-34-3)21-10-8-9-11-24(21)40-18-39-19(2)35-4/h1,8-11,14,19,22H,12-13,15-18H2,2-6H3,(H2,30,33). The lowest BCUT2D eigenvalue weighted by molar-refractivity contribution is -0.150. The number of terminal acetylenes is 1. The second-order valence-corrected chi connectivity index (χ2v) is 8.80. The Morgan fingerprint density at radius 2 is 1.78 bits per heavy atom. The van der Waals surface area contributed by atoms with Gasteiger partial charge in [-0.2, -0.15) is 0 Å². The molecule has 0 saturated heterocycles. The van der Waals surface area contributed by atoms with Crippen molar-refractivity contribution in [2.75, 3.05) is 55.2 Å². The highest BCUT2D eigenvalue weighted by Gasteiger charge is 2.48. The average molecular weight is 576 g/mol. The topological polar surface area (TPSA) is 151 Å². The number of allylic oxidation sites excluding steroid dienone is 2. The molecule has 1 amide bonds. The predicted octanol–water partition coefficient (Wildman–Crippen LogP) is 2.17. The third-order valence-electron chi connectivity index (χ3n) is 6.37. The Kier molecular flexibility index (Phi) is 13.3. The molecule has 1 aliphatic rings. The SMILES string of the molecule is C#CC1(C(N)=O)CC(C(CC(=O)OC)C(=O)OC)=CC(c2ccccc2OCOC(C)OC)=C1OCOCCOC. The maximum absolute atomic E-state index is 13.1. The van der Waals surface area contributed by atoms with Gasteiger partial charge < -0.3 is 43.6 Å². The molecule has 1 aromatic carbocycles. The summed E-state index contributed by atoms with van der Waals surface area (Å²) >= 11 is 0. The maximum Gasteiger partial charge on any atom is 0.313 e. The zero-order valence-corrected chi connectivity index (χ0v) is 23.9. The minimum absolute atomic E-state index is 0.0116. The number of esters is 2. The lowest BCUT2D eigenvalue weighted by Crippen LogP contribution is -2.42. The second kappa shape index (κ2) is 16.4. The molecule has 0 aliphatic heterocycles. The first kappa shape index (κ1) is 33.3. The number of nitrogens with two attached hydrogens (primary N) is 1. The molecule has 224 valence electrons. The second-order valence-electron chi connectivity index (χ2n) is 8.80. The highest BCUT2D eigenvalue weighted by Crippen LogP contribution is 2.48. The summed E-state index contributed by atoms with van der Waals surface area (Å²) in [6.07, 6.45) is 6.44. The third kappa shape index (κ3) is 8.55. The van der Waals surface area contributed by atoms with Crippen LogP contribution in [0.15, 0.2) is 41.7 Å². The highest BCUT2D eigenvalue weighted by molar-refractivity contribution is 5.95. The minimum atomic E-state index is -1.86. The quantitative estimate of drug-likeness (QED) is 0.126. The van der Waals surface area contributed by atoms with Gasteiger partial charge >= 0.3 is 11.9 Å². The van der Waals surface area contributed by atoms with Crippen LogP contribution < -0.4 is 10.5 Å². The Morgan fingerprint density at radius 1 is 1.05 bits per heavy atom. The summed E-state index contributed by atoms with van der Waals surface area (Å²) in [4.78, 5) is 38.2. The van der Waals surface area contributed by atoms with Crippen molar-refractivity contribution < 1.29 is 52.3 Å². The van der Waals surface area contributed by atoms with E-state index in [4.69, 9.17) is 50.1 Å². The van der Waals surface area contributed by atoms with Gasteiger partial charge in [-0.3, -0.25) is 14.4 Å². The van der Waals surface area contributed by atoms with Crippen molar-refractivity contribution in [3.63, 3.8) is 0 Å². The Morgan fingerprint density at radius 3 is 2.39 bits per heavy atom. The van der Waals surface area contributed by atoms with Gasteiger partial charge in [-0.15, -0.1) is 6.42 Å². The molecule has 0 aromatic heterocycles. The van der Waals surface area contributed by atoms with E-state index in [-0.39, 0.29) is 44.4 Å². The lowest BCUT2D eigenvalue weighted by atomic mass is 9.70. The van der Waals surface area contributed by atoms with Crippen LogP contribution in [0, 0.1) is 23.7 Å².